The van der Waals surface area contributed by atoms with E-state index < -0.39 is 23.8 Å². The summed E-state index contributed by atoms with van der Waals surface area (Å²) in [5.41, 5.74) is 0.767. The Morgan fingerprint density at radius 1 is 0.660 bits per heavy atom. The van der Waals surface area contributed by atoms with Crippen LogP contribution >= 0.6 is 0 Å². The summed E-state index contributed by atoms with van der Waals surface area (Å²) in [6.07, 6.45) is 0.271. The maximum absolute atomic E-state index is 12.5. The standard InChI is InChI=1S/C36H57N4O10/c1-37(17-11-12-26-50-33(43)16-15-31(36(46)49-7)30-13-9-8-10-14-30)18-20-38(2,27-32(41)42)22-23-40(4,29-35(45)48-6)25-24-39(3,21-19-37)28-34(44)47-5/h8-10,13-14,31H,15-29H2,1-7H3/q+3/p+1/t31?,37-,38+,39+,40+/m1/s1. The van der Waals surface area contributed by atoms with Crippen LogP contribution in [0.2, 0.25) is 0 Å². The molecule has 1 heterocycles. The highest BCUT2D eigenvalue weighted by Gasteiger charge is 2.40. The summed E-state index contributed by atoms with van der Waals surface area (Å²) in [7, 11) is 12.0. The molecule has 0 aromatic heterocycles. The SMILES string of the molecule is COC(=O)C[N@@+]1(C)CC[N@+](C)(CC#CCOC(=O)CCC(C(=O)OC)c2ccccc2)CC[N@+](C)(CC(=O)O)CC[N@+](C)(CC(=O)OC)CC1. The second-order valence-corrected chi connectivity index (χ2v) is 14.5. The molecule has 1 aromatic rings. The smallest absolute Gasteiger partial charge is 0.361 e. The zero-order valence-electron chi connectivity index (χ0n) is 31.0. The Morgan fingerprint density at radius 3 is 1.56 bits per heavy atom. The molecule has 0 amide bonds. The van der Waals surface area contributed by atoms with Gasteiger partial charge in [-0.15, -0.1) is 0 Å². The van der Waals surface area contributed by atoms with E-state index in [2.05, 4.69) is 18.9 Å². The molecule has 50 heavy (non-hydrogen) atoms. The highest BCUT2D eigenvalue weighted by Crippen LogP contribution is 2.23. The lowest BCUT2D eigenvalue weighted by molar-refractivity contribution is -1.01. The van der Waals surface area contributed by atoms with Crippen LogP contribution in [0.15, 0.2) is 30.3 Å². The van der Waals surface area contributed by atoms with Crippen LogP contribution in [0.3, 0.4) is 0 Å². The Morgan fingerprint density at radius 2 is 1.12 bits per heavy atom. The molecule has 1 fully saturated rings. The predicted octanol–water partition coefficient (Wildman–Crippen LogP) is 0.501. The van der Waals surface area contributed by atoms with Crippen molar-refractivity contribution in [2.45, 2.75) is 18.8 Å². The van der Waals surface area contributed by atoms with Crippen molar-refractivity contribution in [3.05, 3.63) is 35.9 Å². The molecule has 0 aliphatic carbocycles. The van der Waals surface area contributed by atoms with Gasteiger partial charge in [0.15, 0.2) is 26.2 Å². The first-order chi connectivity index (χ1) is 23.5. The first-order valence-corrected chi connectivity index (χ1v) is 16.9. The number of carbonyl (C=O) groups excluding carboxylic acids is 4. The average molecular weight is 707 g/mol. The number of esters is 4. The Bertz CT molecular complexity index is 1380. The van der Waals surface area contributed by atoms with Crippen molar-refractivity contribution >= 4 is 29.8 Å². The Hall–Kier alpha value is -4.03. The third-order valence-corrected chi connectivity index (χ3v) is 9.93. The van der Waals surface area contributed by atoms with Crippen molar-refractivity contribution in [1.82, 2.24) is 0 Å². The Kier molecular flexibility index (Phi) is 16.3. The summed E-state index contributed by atoms with van der Waals surface area (Å²) in [6, 6.07) is 9.15. The molecule has 1 aliphatic rings. The zero-order valence-corrected chi connectivity index (χ0v) is 31.0. The number of quaternary nitrogens is 4. The molecule has 0 bridgehead atoms. The van der Waals surface area contributed by atoms with Crippen LogP contribution in [0.4, 0.5) is 0 Å². The molecule has 5 atom stereocenters. The number of hydrogen-bond acceptors (Lipinski definition) is 9. The molecular formula is C36H58N4O10+4. The molecular weight excluding hydrogens is 648 g/mol. The van der Waals surface area contributed by atoms with Crippen LogP contribution < -0.4 is 0 Å². The summed E-state index contributed by atoms with van der Waals surface area (Å²) < 4.78 is 21.8. The minimum absolute atomic E-state index is 0.0261. The molecule has 0 saturated carbocycles. The van der Waals surface area contributed by atoms with E-state index in [1.54, 1.807) is 0 Å². The molecule has 278 valence electrons. The molecule has 0 spiro atoms. The van der Waals surface area contributed by atoms with E-state index in [1.165, 1.54) is 21.3 Å². The van der Waals surface area contributed by atoms with Gasteiger partial charge in [0, 0.05) is 6.42 Å². The van der Waals surface area contributed by atoms with Crippen molar-refractivity contribution in [2.75, 3.05) is 135 Å². The molecule has 1 saturated heterocycles. The lowest BCUT2D eigenvalue weighted by atomic mass is 9.94. The maximum Gasteiger partial charge on any atom is 0.361 e. The van der Waals surface area contributed by atoms with Gasteiger partial charge in [0.2, 0.25) is 0 Å². The van der Waals surface area contributed by atoms with E-state index in [9.17, 15) is 29.1 Å². The minimum Gasteiger partial charge on any atom is -0.477 e. The minimum atomic E-state index is -0.901. The average Bonchev–Trinajstić information content (AvgIpc) is 3.08. The van der Waals surface area contributed by atoms with Crippen molar-refractivity contribution in [1.29, 1.82) is 0 Å². The molecule has 0 radical (unpaired) electrons. The fourth-order valence-corrected chi connectivity index (χ4v) is 6.09. The van der Waals surface area contributed by atoms with Crippen molar-refractivity contribution in [2.24, 2.45) is 0 Å². The highest BCUT2D eigenvalue weighted by atomic mass is 16.5. The number of methoxy groups -OCH3 is 3. The van der Waals surface area contributed by atoms with Gasteiger partial charge >= 0.3 is 29.8 Å². The predicted molar refractivity (Wildman–Crippen MR) is 184 cm³/mol. The second kappa shape index (κ2) is 19.4. The number of likely N-dealkylation sites (N-methyl/N-ethyl adjacent to an activating group) is 4. The summed E-state index contributed by atoms with van der Waals surface area (Å²) >= 11 is 0. The number of carboxylic acid groups (broad SMARTS) is 1. The van der Waals surface area contributed by atoms with Gasteiger partial charge < -0.3 is 42.0 Å². The van der Waals surface area contributed by atoms with Gasteiger partial charge in [-0.2, -0.15) is 0 Å². The van der Waals surface area contributed by atoms with Gasteiger partial charge in [-0.25, -0.2) is 14.4 Å². The van der Waals surface area contributed by atoms with Gasteiger partial charge in [0.05, 0.1) is 55.4 Å². The van der Waals surface area contributed by atoms with Crippen LogP contribution in [0.5, 0.6) is 0 Å². The van der Waals surface area contributed by atoms with Crippen LogP contribution in [-0.2, 0) is 42.9 Å². The van der Waals surface area contributed by atoms with Crippen LogP contribution in [0, 0.1) is 11.8 Å². The van der Waals surface area contributed by atoms with Crippen molar-refractivity contribution < 1.29 is 66.0 Å². The molecule has 2 rings (SSSR count). The Balaban J connectivity index is 2.20. The van der Waals surface area contributed by atoms with Gasteiger partial charge in [-0.05, 0) is 17.9 Å². The quantitative estimate of drug-likeness (QED) is 0.133. The van der Waals surface area contributed by atoms with E-state index in [1.807, 2.05) is 51.5 Å². The number of rotatable bonds is 13. The topological polar surface area (TPSA) is 142 Å². The maximum atomic E-state index is 12.5. The van der Waals surface area contributed by atoms with Crippen LogP contribution in [0.1, 0.15) is 24.3 Å². The first-order valence-electron chi connectivity index (χ1n) is 16.9. The summed E-state index contributed by atoms with van der Waals surface area (Å²) in [4.78, 5) is 61.8. The van der Waals surface area contributed by atoms with Crippen LogP contribution in [-0.4, -0.2) is 188 Å². The molecule has 1 N–H and O–H groups in total. The van der Waals surface area contributed by atoms with Gasteiger partial charge in [0.1, 0.15) is 58.9 Å². The molecule has 1 aromatic carbocycles. The van der Waals surface area contributed by atoms with E-state index in [0.29, 0.717) is 72.4 Å². The first kappa shape index (κ1) is 42.1. The van der Waals surface area contributed by atoms with Crippen molar-refractivity contribution in [3.8, 4) is 11.8 Å². The molecule has 1 unspecified atom stereocenters. The summed E-state index contributed by atoms with van der Waals surface area (Å²) in [6.45, 7) is 5.11. The monoisotopic (exact) mass is 706 g/mol. The highest BCUT2D eigenvalue weighted by molar-refractivity contribution is 5.79. The summed E-state index contributed by atoms with van der Waals surface area (Å²) in [5.74, 6) is 3.08. The number of hydrogen-bond donors (Lipinski definition) is 1. The van der Waals surface area contributed by atoms with E-state index >= 15 is 0 Å². The Labute approximate surface area is 296 Å². The fourth-order valence-electron chi connectivity index (χ4n) is 6.09. The van der Waals surface area contributed by atoms with Gasteiger partial charge in [-0.3, -0.25) is 9.59 Å². The number of ether oxygens (including phenoxy) is 4. The summed E-state index contributed by atoms with van der Waals surface area (Å²) in [5, 5.41) is 9.82. The molecule has 1 aliphatic heterocycles. The largest absolute Gasteiger partial charge is 0.477 e. The van der Waals surface area contributed by atoms with E-state index in [0.717, 1.165) is 5.56 Å². The normalized spacial score (nSPS) is 26.4. The number of benzene rings is 1. The number of aliphatic carboxylic acids is 1. The van der Waals surface area contributed by atoms with Gasteiger partial charge in [-0.1, -0.05) is 36.3 Å². The lowest BCUT2D eigenvalue weighted by Gasteiger charge is -2.44. The molecule has 14 heteroatoms. The number of carboxylic acids is 1. The second-order valence-electron chi connectivity index (χ2n) is 14.5. The van der Waals surface area contributed by atoms with Crippen molar-refractivity contribution in [3.63, 3.8) is 0 Å². The zero-order chi connectivity index (χ0) is 37.4. The third kappa shape index (κ3) is 14.4. The number of carbonyl (C=O) groups is 5. The van der Waals surface area contributed by atoms with Crippen LogP contribution in [0.25, 0.3) is 0 Å². The van der Waals surface area contributed by atoms with E-state index in [4.69, 9.17) is 18.9 Å². The van der Waals surface area contributed by atoms with E-state index in [-0.39, 0.29) is 55.5 Å². The third-order valence-electron chi connectivity index (χ3n) is 9.93. The lowest BCUT2D eigenvalue weighted by Crippen LogP contribution is -2.65. The van der Waals surface area contributed by atoms with Gasteiger partial charge in [0.25, 0.3) is 0 Å². The molecule has 14 nitrogen and oxygen atoms in total. The fraction of sp³-hybridized carbons (Fsp3) is 0.639. The number of nitrogens with zero attached hydrogens (tertiary/aromatic N) is 4.